The Bertz CT molecular complexity index is 938. The number of fused-ring (bicyclic) bond motifs is 1. The SMILES string of the molecule is O=Cc1cc2ccccc2c(O)c1C1CCC(c2ccc(Cl)cc2)CC1. The van der Waals surface area contributed by atoms with E-state index < -0.39 is 0 Å². The minimum atomic E-state index is 0.225. The zero-order valence-corrected chi connectivity index (χ0v) is 15.2. The van der Waals surface area contributed by atoms with Crippen molar-refractivity contribution >= 4 is 28.7 Å². The highest BCUT2D eigenvalue weighted by atomic mass is 35.5. The fourth-order valence-corrected chi connectivity index (χ4v) is 4.47. The van der Waals surface area contributed by atoms with Crippen LogP contribution in [0.1, 0.15) is 59.0 Å². The maximum absolute atomic E-state index is 11.7. The monoisotopic (exact) mass is 364 g/mol. The van der Waals surface area contributed by atoms with Gasteiger partial charge in [0.1, 0.15) is 12.0 Å². The number of halogens is 1. The summed E-state index contributed by atoms with van der Waals surface area (Å²) in [4.78, 5) is 11.7. The van der Waals surface area contributed by atoms with Crippen LogP contribution in [0, 0.1) is 0 Å². The van der Waals surface area contributed by atoms with Gasteiger partial charge in [0.25, 0.3) is 0 Å². The van der Waals surface area contributed by atoms with Crippen LogP contribution in [-0.2, 0) is 0 Å². The summed E-state index contributed by atoms with van der Waals surface area (Å²) in [5, 5.41) is 13.4. The Hall–Kier alpha value is -2.32. The fourth-order valence-electron chi connectivity index (χ4n) is 4.34. The molecule has 0 atom stereocenters. The van der Waals surface area contributed by atoms with Gasteiger partial charge in [0.15, 0.2) is 0 Å². The summed E-state index contributed by atoms with van der Waals surface area (Å²) in [6, 6.07) is 17.7. The van der Waals surface area contributed by atoms with Gasteiger partial charge in [-0.3, -0.25) is 4.79 Å². The van der Waals surface area contributed by atoms with E-state index in [1.54, 1.807) is 0 Å². The lowest BCUT2D eigenvalue weighted by atomic mass is 9.74. The van der Waals surface area contributed by atoms with Crippen LogP contribution in [-0.4, -0.2) is 11.4 Å². The number of aldehydes is 1. The molecule has 1 fully saturated rings. The van der Waals surface area contributed by atoms with E-state index in [0.29, 0.717) is 11.5 Å². The van der Waals surface area contributed by atoms with E-state index in [2.05, 4.69) is 12.1 Å². The lowest BCUT2D eigenvalue weighted by Gasteiger charge is -2.30. The molecule has 132 valence electrons. The summed E-state index contributed by atoms with van der Waals surface area (Å²) in [6.07, 6.45) is 4.93. The van der Waals surface area contributed by atoms with Crippen LogP contribution < -0.4 is 0 Å². The van der Waals surface area contributed by atoms with Crippen molar-refractivity contribution in [2.75, 3.05) is 0 Å². The van der Waals surface area contributed by atoms with Gasteiger partial charge >= 0.3 is 0 Å². The molecule has 1 saturated carbocycles. The van der Waals surface area contributed by atoms with E-state index in [1.807, 2.05) is 42.5 Å². The zero-order valence-electron chi connectivity index (χ0n) is 14.5. The number of carbonyl (C=O) groups excluding carboxylic acids is 1. The minimum absolute atomic E-state index is 0.225. The molecule has 1 aliphatic carbocycles. The Balaban J connectivity index is 1.62. The van der Waals surface area contributed by atoms with Crippen LogP contribution in [0.25, 0.3) is 10.8 Å². The van der Waals surface area contributed by atoms with Gasteiger partial charge in [-0.1, -0.05) is 48.0 Å². The molecule has 0 radical (unpaired) electrons. The quantitative estimate of drug-likeness (QED) is 0.542. The number of aromatic hydroxyl groups is 1. The van der Waals surface area contributed by atoms with Crippen molar-refractivity contribution in [3.05, 3.63) is 76.3 Å². The molecule has 1 N–H and O–H groups in total. The van der Waals surface area contributed by atoms with Crippen molar-refractivity contribution in [1.29, 1.82) is 0 Å². The average Bonchev–Trinajstić information content (AvgIpc) is 2.69. The van der Waals surface area contributed by atoms with Crippen LogP contribution in [0.15, 0.2) is 54.6 Å². The van der Waals surface area contributed by atoms with Crippen LogP contribution >= 0.6 is 11.6 Å². The molecule has 2 nitrogen and oxygen atoms in total. The van der Waals surface area contributed by atoms with E-state index in [1.165, 1.54) is 5.56 Å². The fraction of sp³-hybridized carbons (Fsp3) is 0.261. The number of phenolic OH excluding ortho intramolecular Hbond substituents is 1. The lowest BCUT2D eigenvalue weighted by Crippen LogP contribution is -2.14. The van der Waals surface area contributed by atoms with E-state index in [-0.39, 0.29) is 11.7 Å². The first-order valence-electron chi connectivity index (χ1n) is 9.12. The molecule has 0 aromatic heterocycles. The maximum atomic E-state index is 11.7. The first kappa shape index (κ1) is 17.1. The van der Waals surface area contributed by atoms with Crippen molar-refractivity contribution in [2.24, 2.45) is 0 Å². The van der Waals surface area contributed by atoms with Gasteiger partial charge in [0.2, 0.25) is 0 Å². The smallest absolute Gasteiger partial charge is 0.150 e. The molecule has 26 heavy (non-hydrogen) atoms. The average molecular weight is 365 g/mol. The first-order chi connectivity index (χ1) is 12.7. The standard InChI is InChI=1S/C23H21ClO2/c24-20-11-9-16(10-12-20)15-5-7-17(8-6-15)22-19(14-25)13-18-3-1-2-4-21(18)23(22)26/h1-4,9-15,17,26H,5-8H2. The Labute approximate surface area is 158 Å². The van der Waals surface area contributed by atoms with Crippen LogP contribution in [0.3, 0.4) is 0 Å². The number of hydrogen-bond acceptors (Lipinski definition) is 2. The summed E-state index contributed by atoms with van der Waals surface area (Å²) in [6.45, 7) is 0. The van der Waals surface area contributed by atoms with Crippen LogP contribution in [0.2, 0.25) is 5.02 Å². The van der Waals surface area contributed by atoms with Gasteiger partial charge in [-0.25, -0.2) is 0 Å². The second-order valence-electron chi connectivity index (χ2n) is 7.17. The molecule has 0 unspecified atom stereocenters. The largest absolute Gasteiger partial charge is 0.507 e. The van der Waals surface area contributed by atoms with E-state index in [4.69, 9.17) is 11.6 Å². The molecule has 3 aromatic carbocycles. The van der Waals surface area contributed by atoms with Crippen LogP contribution in [0.5, 0.6) is 5.75 Å². The number of hydrogen-bond donors (Lipinski definition) is 1. The lowest BCUT2D eigenvalue weighted by molar-refractivity contribution is 0.112. The van der Waals surface area contributed by atoms with Gasteiger partial charge in [-0.2, -0.15) is 0 Å². The number of phenols is 1. The van der Waals surface area contributed by atoms with Gasteiger partial charge < -0.3 is 5.11 Å². The summed E-state index contributed by atoms with van der Waals surface area (Å²) < 4.78 is 0. The van der Waals surface area contributed by atoms with E-state index in [0.717, 1.165) is 53.3 Å². The van der Waals surface area contributed by atoms with Crippen molar-refractivity contribution < 1.29 is 9.90 Å². The van der Waals surface area contributed by atoms with Crippen molar-refractivity contribution in [3.63, 3.8) is 0 Å². The normalized spacial score (nSPS) is 20.2. The topological polar surface area (TPSA) is 37.3 Å². The van der Waals surface area contributed by atoms with Crippen LogP contribution in [0.4, 0.5) is 0 Å². The van der Waals surface area contributed by atoms with Gasteiger partial charge in [-0.15, -0.1) is 0 Å². The molecule has 0 saturated heterocycles. The number of rotatable bonds is 3. The molecule has 3 heteroatoms. The third kappa shape index (κ3) is 3.10. The summed E-state index contributed by atoms with van der Waals surface area (Å²) in [7, 11) is 0. The number of benzene rings is 3. The first-order valence-corrected chi connectivity index (χ1v) is 9.50. The summed E-state index contributed by atoms with van der Waals surface area (Å²) in [5.41, 5.74) is 2.77. The highest BCUT2D eigenvalue weighted by molar-refractivity contribution is 6.30. The van der Waals surface area contributed by atoms with Crippen molar-refractivity contribution in [3.8, 4) is 5.75 Å². The molecule has 0 spiro atoms. The van der Waals surface area contributed by atoms with E-state index >= 15 is 0 Å². The predicted octanol–water partition coefficient (Wildman–Crippen LogP) is 6.45. The van der Waals surface area contributed by atoms with Gasteiger partial charge in [0, 0.05) is 21.5 Å². The van der Waals surface area contributed by atoms with E-state index in [9.17, 15) is 9.90 Å². The Morgan fingerprint density at radius 1 is 0.923 bits per heavy atom. The number of carbonyl (C=O) groups is 1. The minimum Gasteiger partial charge on any atom is -0.507 e. The summed E-state index contributed by atoms with van der Waals surface area (Å²) >= 11 is 5.99. The molecule has 0 heterocycles. The predicted molar refractivity (Wildman–Crippen MR) is 106 cm³/mol. The highest BCUT2D eigenvalue weighted by Crippen LogP contribution is 2.45. The third-order valence-electron chi connectivity index (χ3n) is 5.70. The maximum Gasteiger partial charge on any atom is 0.150 e. The van der Waals surface area contributed by atoms with Gasteiger partial charge in [-0.05, 0) is 66.7 Å². The summed E-state index contributed by atoms with van der Waals surface area (Å²) in [5.74, 6) is 1.02. The molecule has 4 rings (SSSR count). The molecular formula is C23H21ClO2. The third-order valence-corrected chi connectivity index (χ3v) is 5.95. The molecule has 0 aliphatic heterocycles. The molecule has 1 aliphatic rings. The highest BCUT2D eigenvalue weighted by Gasteiger charge is 2.27. The van der Waals surface area contributed by atoms with Crippen molar-refractivity contribution in [2.45, 2.75) is 37.5 Å². The Kier molecular flexibility index (Phi) is 4.69. The second-order valence-corrected chi connectivity index (χ2v) is 7.60. The molecule has 0 bridgehead atoms. The molecule has 0 amide bonds. The Morgan fingerprint density at radius 3 is 2.27 bits per heavy atom. The van der Waals surface area contributed by atoms with Gasteiger partial charge in [0.05, 0.1) is 0 Å². The molecular weight excluding hydrogens is 344 g/mol. The second kappa shape index (κ2) is 7.13. The molecule has 3 aromatic rings. The zero-order chi connectivity index (χ0) is 18.1. The van der Waals surface area contributed by atoms with Crippen molar-refractivity contribution in [1.82, 2.24) is 0 Å². The Morgan fingerprint density at radius 2 is 1.58 bits per heavy atom.